The van der Waals surface area contributed by atoms with Gasteiger partial charge in [-0.25, -0.2) is 4.98 Å². The van der Waals surface area contributed by atoms with Crippen LogP contribution in [-0.4, -0.2) is 39.0 Å². The smallest absolute Gasteiger partial charge is 0.255 e. The van der Waals surface area contributed by atoms with Crippen LogP contribution in [0.15, 0.2) is 28.9 Å². The van der Waals surface area contributed by atoms with Crippen molar-refractivity contribution in [1.82, 2.24) is 14.9 Å². The van der Waals surface area contributed by atoms with Crippen LogP contribution in [0.1, 0.15) is 46.6 Å². The maximum atomic E-state index is 13.6. The van der Waals surface area contributed by atoms with Crippen LogP contribution in [0.4, 0.5) is 0 Å². The van der Waals surface area contributed by atoms with Gasteiger partial charge in [0.15, 0.2) is 0 Å². The normalized spacial score (nSPS) is 11.3. The summed E-state index contributed by atoms with van der Waals surface area (Å²) in [6, 6.07) is 5.65. The highest BCUT2D eigenvalue weighted by Crippen LogP contribution is 2.30. The number of nitrogens with one attached hydrogen (secondary N) is 1. The second kappa shape index (κ2) is 8.55. The average molecular weight is 460 g/mol. The van der Waals surface area contributed by atoms with Crippen LogP contribution in [-0.2, 0) is 13.2 Å². The number of aromatic amines is 1. The molecular formula is C22H26BrN3O3. The Labute approximate surface area is 179 Å². The highest BCUT2D eigenvalue weighted by molar-refractivity contribution is 9.10. The Kier molecular flexibility index (Phi) is 6.29. The summed E-state index contributed by atoms with van der Waals surface area (Å²) in [6.45, 7) is 8.13. The van der Waals surface area contributed by atoms with Crippen molar-refractivity contribution < 1.29 is 14.6 Å². The van der Waals surface area contributed by atoms with Crippen molar-refractivity contribution in [1.29, 1.82) is 0 Å². The molecule has 6 nitrogen and oxygen atoms in total. The van der Waals surface area contributed by atoms with Crippen molar-refractivity contribution in [3.05, 3.63) is 56.8 Å². The molecule has 154 valence electrons. The SMILES string of the molecule is COc1nc(CO)cc(C)c1CN(C(=O)c1cc(Br)cc2[nH]cc(C)c12)C(C)C. The van der Waals surface area contributed by atoms with Crippen molar-refractivity contribution in [3.8, 4) is 5.88 Å². The summed E-state index contributed by atoms with van der Waals surface area (Å²) in [5.74, 6) is 0.381. The number of carbonyl (C=O) groups is 1. The van der Waals surface area contributed by atoms with Crippen molar-refractivity contribution in [2.24, 2.45) is 0 Å². The van der Waals surface area contributed by atoms with Gasteiger partial charge in [-0.15, -0.1) is 0 Å². The summed E-state index contributed by atoms with van der Waals surface area (Å²) in [7, 11) is 1.55. The minimum atomic E-state index is -0.160. The largest absolute Gasteiger partial charge is 0.481 e. The van der Waals surface area contributed by atoms with Crippen LogP contribution < -0.4 is 4.74 Å². The molecular weight excluding hydrogens is 434 g/mol. The molecule has 29 heavy (non-hydrogen) atoms. The van der Waals surface area contributed by atoms with Crippen molar-refractivity contribution in [2.45, 2.75) is 46.9 Å². The van der Waals surface area contributed by atoms with Gasteiger partial charge in [-0.1, -0.05) is 15.9 Å². The van der Waals surface area contributed by atoms with E-state index in [1.165, 1.54) is 0 Å². The Morgan fingerprint density at radius 3 is 2.62 bits per heavy atom. The number of aliphatic hydroxyl groups is 1. The van der Waals surface area contributed by atoms with E-state index in [2.05, 4.69) is 25.9 Å². The zero-order chi connectivity index (χ0) is 21.3. The molecule has 0 saturated carbocycles. The Hall–Kier alpha value is -2.38. The lowest BCUT2D eigenvalue weighted by Gasteiger charge is -2.28. The first-order valence-corrected chi connectivity index (χ1v) is 10.3. The van der Waals surface area contributed by atoms with E-state index in [1.54, 1.807) is 7.11 Å². The van der Waals surface area contributed by atoms with Crippen molar-refractivity contribution >= 4 is 32.7 Å². The minimum absolute atomic E-state index is 0.0302. The first-order valence-electron chi connectivity index (χ1n) is 9.49. The fraction of sp³-hybridized carbons (Fsp3) is 0.364. The van der Waals surface area contributed by atoms with Crippen molar-refractivity contribution in [2.75, 3.05) is 7.11 Å². The Bertz CT molecular complexity index is 1060. The number of halogens is 1. The Morgan fingerprint density at radius 1 is 1.28 bits per heavy atom. The van der Waals surface area contributed by atoms with E-state index in [4.69, 9.17) is 4.74 Å². The predicted molar refractivity (Wildman–Crippen MR) is 117 cm³/mol. The summed E-state index contributed by atoms with van der Waals surface area (Å²) in [5, 5.41) is 10.4. The maximum absolute atomic E-state index is 13.6. The van der Waals surface area contributed by atoms with Gasteiger partial charge in [0.05, 0.1) is 31.5 Å². The van der Waals surface area contributed by atoms with Crippen LogP contribution in [0.3, 0.4) is 0 Å². The maximum Gasteiger partial charge on any atom is 0.255 e. The second-order valence-electron chi connectivity index (χ2n) is 7.45. The molecule has 0 bridgehead atoms. The van der Waals surface area contributed by atoms with Gasteiger partial charge in [0.1, 0.15) is 0 Å². The van der Waals surface area contributed by atoms with Crippen LogP contribution in [0.5, 0.6) is 5.88 Å². The molecule has 0 radical (unpaired) electrons. The van der Waals surface area contributed by atoms with E-state index in [9.17, 15) is 9.90 Å². The van der Waals surface area contributed by atoms with Gasteiger partial charge in [0, 0.05) is 33.2 Å². The molecule has 0 spiro atoms. The summed E-state index contributed by atoms with van der Waals surface area (Å²) in [4.78, 5) is 23.0. The average Bonchev–Trinajstić information content (AvgIpc) is 3.05. The van der Waals surface area contributed by atoms with Crippen LogP contribution in [0.2, 0.25) is 0 Å². The number of H-pyrrole nitrogens is 1. The summed E-state index contributed by atoms with van der Waals surface area (Å²) >= 11 is 3.52. The molecule has 0 atom stereocenters. The molecule has 1 aromatic carbocycles. The molecule has 0 saturated heterocycles. The lowest BCUT2D eigenvalue weighted by atomic mass is 10.0. The van der Waals surface area contributed by atoms with E-state index in [-0.39, 0.29) is 18.6 Å². The molecule has 3 rings (SSSR count). The minimum Gasteiger partial charge on any atom is -0.481 e. The van der Waals surface area contributed by atoms with Crippen LogP contribution in [0.25, 0.3) is 10.9 Å². The second-order valence-corrected chi connectivity index (χ2v) is 8.37. The first-order chi connectivity index (χ1) is 13.8. The number of pyridine rings is 1. The summed E-state index contributed by atoms with van der Waals surface area (Å²) < 4.78 is 6.31. The van der Waals surface area contributed by atoms with Gasteiger partial charge < -0.3 is 19.7 Å². The summed E-state index contributed by atoms with van der Waals surface area (Å²) in [6.07, 6.45) is 1.91. The van der Waals surface area contributed by atoms with Gasteiger partial charge in [-0.05, 0) is 57.0 Å². The third kappa shape index (κ3) is 4.16. The van der Waals surface area contributed by atoms with Crippen LogP contribution in [0, 0.1) is 13.8 Å². The third-order valence-corrected chi connectivity index (χ3v) is 5.56. The molecule has 0 unspecified atom stereocenters. The molecule has 2 heterocycles. The van der Waals surface area contributed by atoms with Gasteiger partial charge in [0.2, 0.25) is 5.88 Å². The third-order valence-electron chi connectivity index (χ3n) is 5.10. The number of fused-ring (bicyclic) bond motifs is 1. The lowest BCUT2D eigenvalue weighted by molar-refractivity contribution is 0.0690. The number of aromatic nitrogens is 2. The van der Waals surface area contributed by atoms with Gasteiger partial charge >= 0.3 is 0 Å². The number of aliphatic hydroxyl groups excluding tert-OH is 1. The van der Waals surface area contributed by atoms with E-state index in [0.29, 0.717) is 23.7 Å². The number of ether oxygens (including phenoxy) is 1. The number of amides is 1. The number of rotatable bonds is 6. The van der Waals surface area contributed by atoms with E-state index < -0.39 is 0 Å². The first kappa shape index (κ1) is 21.3. The van der Waals surface area contributed by atoms with E-state index in [1.807, 2.05) is 57.0 Å². The van der Waals surface area contributed by atoms with Gasteiger partial charge in [-0.2, -0.15) is 0 Å². The fourth-order valence-corrected chi connectivity index (χ4v) is 4.02. The topological polar surface area (TPSA) is 78.5 Å². The number of nitrogens with zero attached hydrogens (tertiary/aromatic N) is 2. The standard InChI is InChI=1S/C22H26BrN3O3/c1-12(2)26(10-18-13(3)6-16(11-27)25-21(18)29-5)22(28)17-7-15(23)8-19-20(17)14(4)9-24-19/h6-9,12,24,27H,10-11H2,1-5H3. The Balaban J connectivity index is 2.07. The molecule has 0 aliphatic rings. The predicted octanol–water partition coefficient (Wildman–Crippen LogP) is 4.49. The highest BCUT2D eigenvalue weighted by Gasteiger charge is 2.25. The number of benzene rings is 1. The van der Waals surface area contributed by atoms with Crippen molar-refractivity contribution in [3.63, 3.8) is 0 Å². The number of hydrogen-bond donors (Lipinski definition) is 2. The van der Waals surface area contributed by atoms with Gasteiger partial charge in [-0.3, -0.25) is 4.79 Å². The van der Waals surface area contributed by atoms with Gasteiger partial charge in [0.25, 0.3) is 5.91 Å². The molecule has 7 heteroatoms. The lowest BCUT2D eigenvalue weighted by Crippen LogP contribution is -2.37. The zero-order valence-electron chi connectivity index (χ0n) is 17.3. The monoisotopic (exact) mass is 459 g/mol. The molecule has 0 aliphatic heterocycles. The zero-order valence-corrected chi connectivity index (χ0v) is 18.9. The van der Waals surface area contributed by atoms with E-state index in [0.717, 1.165) is 32.1 Å². The fourth-order valence-electron chi connectivity index (χ4n) is 3.56. The summed E-state index contributed by atoms with van der Waals surface area (Å²) in [5.41, 5.74) is 4.91. The number of methoxy groups -OCH3 is 1. The molecule has 2 aromatic heterocycles. The molecule has 2 N–H and O–H groups in total. The molecule has 3 aromatic rings. The quantitative estimate of drug-likeness (QED) is 0.568. The molecule has 0 fully saturated rings. The number of hydrogen-bond acceptors (Lipinski definition) is 4. The molecule has 1 amide bonds. The Morgan fingerprint density at radius 2 is 2.00 bits per heavy atom. The molecule has 0 aliphatic carbocycles. The number of aryl methyl sites for hydroxylation is 2. The number of carbonyl (C=O) groups excluding carboxylic acids is 1. The van der Waals surface area contributed by atoms with Crippen LogP contribution >= 0.6 is 15.9 Å². The van der Waals surface area contributed by atoms with E-state index >= 15 is 0 Å². The highest BCUT2D eigenvalue weighted by atomic mass is 79.9.